The van der Waals surface area contributed by atoms with Crippen molar-refractivity contribution in [2.24, 2.45) is 11.8 Å². The van der Waals surface area contributed by atoms with E-state index in [4.69, 9.17) is 4.74 Å². The fraction of sp³-hybridized carbons (Fsp3) is 0.333. The number of ether oxygens (including phenoxy) is 1. The topological polar surface area (TPSA) is 67.4 Å². The first-order chi connectivity index (χ1) is 12.6. The number of anilines is 1. The highest BCUT2D eigenvalue weighted by atomic mass is 16.5. The summed E-state index contributed by atoms with van der Waals surface area (Å²) in [6, 6.07) is 15.3. The van der Waals surface area contributed by atoms with E-state index in [1.54, 1.807) is 7.11 Å². The number of aryl methyl sites for hydroxylation is 1. The molecule has 1 aliphatic rings. The number of hydrogen-bond donors (Lipinski definition) is 2. The van der Waals surface area contributed by atoms with Gasteiger partial charge in [-0.3, -0.25) is 9.59 Å². The lowest BCUT2D eigenvalue weighted by molar-refractivity contribution is -0.125. The first-order valence-corrected chi connectivity index (χ1v) is 8.91. The SMILES string of the molecule is CCc1ccccc1NC(=O)C1CC1C(=O)NCc1ccc(OC)cc1. The number of amides is 2. The minimum absolute atomic E-state index is 0.0651. The molecule has 0 bridgehead atoms. The molecule has 2 aromatic carbocycles. The van der Waals surface area contributed by atoms with Crippen LogP contribution in [0.1, 0.15) is 24.5 Å². The van der Waals surface area contributed by atoms with E-state index < -0.39 is 0 Å². The van der Waals surface area contributed by atoms with Crippen molar-refractivity contribution < 1.29 is 14.3 Å². The molecule has 0 saturated heterocycles. The van der Waals surface area contributed by atoms with Crippen LogP contribution in [0.25, 0.3) is 0 Å². The molecule has 0 heterocycles. The second kappa shape index (κ2) is 8.04. The minimum atomic E-state index is -0.240. The Labute approximate surface area is 153 Å². The minimum Gasteiger partial charge on any atom is -0.497 e. The van der Waals surface area contributed by atoms with Gasteiger partial charge in [0.2, 0.25) is 11.8 Å². The molecule has 1 fully saturated rings. The highest BCUT2D eigenvalue weighted by Crippen LogP contribution is 2.39. The van der Waals surface area contributed by atoms with Crippen LogP contribution in [0.4, 0.5) is 5.69 Å². The van der Waals surface area contributed by atoms with Gasteiger partial charge in [0, 0.05) is 12.2 Å². The lowest BCUT2D eigenvalue weighted by atomic mass is 10.1. The molecule has 0 aliphatic heterocycles. The van der Waals surface area contributed by atoms with E-state index in [0.29, 0.717) is 13.0 Å². The van der Waals surface area contributed by atoms with Gasteiger partial charge in [-0.1, -0.05) is 37.3 Å². The van der Waals surface area contributed by atoms with Crippen molar-refractivity contribution >= 4 is 17.5 Å². The Kier molecular flexibility index (Phi) is 5.56. The van der Waals surface area contributed by atoms with Gasteiger partial charge in [0.05, 0.1) is 18.9 Å². The molecule has 26 heavy (non-hydrogen) atoms. The first kappa shape index (κ1) is 18.0. The van der Waals surface area contributed by atoms with E-state index in [1.807, 2.05) is 48.5 Å². The molecule has 0 aromatic heterocycles. The van der Waals surface area contributed by atoms with Crippen molar-refractivity contribution in [3.8, 4) is 5.75 Å². The van der Waals surface area contributed by atoms with Crippen molar-refractivity contribution in [2.75, 3.05) is 12.4 Å². The van der Waals surface area contributed by atoms with E-state index in [9.17, 15) is 9.59 Å². The Balaban J connectivity index is 1.49. The zero-order valence-electron chi connectivity index (χ0n) is 15.1. The van der Waals surface area contributed by atoms with Crippen LogP contribution >= 0.6 is 0 Å². The van der Waals surface area contributed by atoms with E-state index in [0.717, 1.165) is 29.0 Å². The van der Waals surface area contributed by atoms with Gasteiger partial charge >= 0.3 is 0 Å². The summed E-state index contributed by atoms with van der Waals surface area (Å²) in [5, 5.41) is 5.87. The Bertz CT molecular complexity index is 786. The van der Waals surface area contributed by atoms with Gasteiger partial charge in [-0.05, 0) is 42.2 Å². The standard InChI is InChI=1S/C21H24N2O3/c1-3-15-6-4-5-7-19(15)23-21(25)18-12-17(18)20(24)22-13-14-8-10-16(26-2)11-9-14/h4-11,17-18H,3,12-13H2,1-2H3,(H,22,24)(H,23,25). The average Bonchev–Trinajstić information content (AvgIpc) is 3.48. The number of hydrogen-bond acceptors (Lipinski definition) is 3. The smallest absolute Gasteiger partial charge is 0.228 e. The molecule has 1 aliphatic carbocycles. The maximum atomic E-state index is 12.4. The largest absolute Gasteiger partial charge is 0.497 e. The molecule has 5 nitrogen and oxygen atoms in total. The van der Waals surface area contributed by atoms with Crippen LogP contribution in [-0.2, 0) is 22.6 Å². The molecule has 2 N–H and O–H groups in total. The van der Waals surface area contributed by atoms with Crippen LogP contribution in [-0.4, -0.2) is 18.9 Å². The van der Waals surface area contributed by atoms with Gasteiger partial charge in [0.25, 0.3) is 0 Å². The third-order valence-corrected chi connectivity index (χ3v) is 4.75. The van der Waals surface area contributed by atoms with Gasteiger partial charge in [-0.15, -0.1) is 0 Å². The van der Waals surface area contributed by atoms with Crippen molar-refractivity contribution in [1.82, 2.24) is 5.32 Å². The van der Waals surface area contributed by atoms with Crippen molar-refractivity contribution in [2.45, 2.75) is 26.3 Å². The number of para-hydroxylation sites is 1. The summed E-state index contributed by atoms with van der Waals surface area (Å²) in [7, 11) is 1.62. The highest BCUT2D eigenvalue weighted by Gasteiger charge is 2.47. The molecule has 3 rings (SSSR count). The van der Waals surface area contributed by atoms with Crippen molar-refractivity contribution in [3.63, 3.8) is 0 Å². The summed E-state index contributed by atoms with van der Waals surface area (Å²) in [5.74, 6) is 0.171. The van der Waals surface area contributed by atoms with Crippen LogP contribution in [0.2, 0.25) is 0 Å². The van der Waals surface area contributed by atoms with Crippen LogP contribution in [0.5, 0.6) is 5.75 Å². The molecule has 2 atom stereocenters. The Morgan fingerprint density at radius 3 is 2.42 bits per heavy atom. The lowest BCUT2D eigenvalue weighted by Gasteiger charge is -2.10. The zero-order valence-corrected chi connectivity index (χ0v) is 15.1. The monoisotopic (exact) mass is 352 g/mol. The van der Waals surface area contributed by atoms with Gasteiger partial charge in [-0.2, -0.15) is 0 Å². The number of carbonyl (C=O) groups is 2. The Morgan fingerprint density at radius 2 is 1.73 bits per heavy atom. The Hall–Kier alpha value is -2.82. The number of benzene rings is 2. The fourth-order valence-electron chi connectivity index (χ4n) is 3.01. The number of carbonyl (C=O) groups excluding carboxylic acids is 2. The average molecular weight is 352 g/mol. The molecule has 2 unspecified atom stereocenters. The highest BCUT2D eigenvalue weighted by molar-refractivity contribution is 5.99. The summed E-state index contributed by atoms with van der Waals surface area (Å²) in [6.07, 6.45) is 1.46. The predicted octanol–water partition coefficient (Wildman–Crippen LogP) is 3.15. The summed E-state index contributed by atoms with van der Waals surface area (Å²) < 4.78 is 5.12. The molecule has 2 aromatic rings. The molecule has 0 radical (unpaired) electrons. The van der Waals surface area contributed by atoms with Gasteiger partial charge in [0.1, 0.15) is 5.75 Å². The quantitative estimate of drug-likeness (QED) is 0.804. The van der Waals surface area contributed by atoms with Crippen LogP contribution in [0.3, 0.4) is 0 Å². The van der Waals surface area contributed by atoms with Crippen LogP contribution < -0.4 is 15.4 Å². The third kappa shape index (κ3) is 4.23. The van der Waals surface area contributed by atoms with E-state index >= 15 is 0 Å². The lowest BCUT2D eigenvalue weighted by Crippen LogP contribution is -2.27. The third-order valence-electron chi connectivity index (χ3n) is 4.75. The second-order valence-electron chi connectivity index (χ2n) is 6.51. The summed E-state index contributed by atoms with van der Waals surface area (Å²) >= 11 is 0. The summed E-state index contributed by atoms with van der Waals surface area (Å²) in [4.78, 5) is 24.7. The molecule has 1 saturated carbocycles. The number of rotatable bonds is 7. The fourth-order valence-corrected chi connectivity index (χ4v) is 3.01. The first-order valence-electron chi connectivity index (χ1n) is 8.91. The maximum absolute atomic E-state index is 12.4. The summed E-state index contributed by atoms with van der Waals surface area (Å²) in [6.45, 7) is 2.50. The molecular formula is C21H24N2O3. The van der Waals surface area contributed by atoms with Gasteiger partial charge < -0.3 is 15.4 Å². The predicted molar refractivity (Wildman–Crippen MR) is 101 cm³/mol. The number of nitrogens with one attached hydrogen (secondary N) is 2. The Morgan fingerprint density at radius 1 is 1.04 bits per heavy atom. The second-order valence-corrected chi connectivity index (χ2v) is 6.51. The molecular weight excluding hydrogens is 328 g/mol. The summed E-state index contributed by atoms with van der Waals surface area (Å²) in [5.41, 5.74) is 2.93. The van der Waals surface area contributed by atoms with E-state index in [1.165, 1.54) is 0 Å². The maximum Gasteiger partial charge on any atom is 0.228 e. The molecule has 136 valence electrons. The van der Waals surface area contributed by atoms with Gasteiger partial charge in [-0.25, -0.2) is 0 Å². The zero-order chi connectivity index (χ0) is 18.5. The van der Waals surface area contributed by atoms with E-state index in [2.05, 4.69) is 17.6 Å². The van der Waals surface area contributed by atoms with Crippen LogP contribution in [0, 0.1) is 11.8 Å². The molecule has 2 amide bonds. The number of methoxy groups -OCH3 is 1. The van der Waals surface area contributed by atoms with E-state index in [-0.39, 0.29) is 23.7 Å². The molecule has 5 heteroatoms. The molecule has 0 spiro atoms. The van der Waals surface area contributed by atoms with Crippen molar-refractivity contribution in [3.05, 3.63) is 59.7 Å². The van der Waals surface area contributed by atoms with Crippen LogP contribution in [0.15, 0.2) is 48.5 Å². The normalized spacial score (nSPS) is 18.1. The van der Waals surface area contributed by atoms with Crippen molar-refractivity contribution in [1.29, 1.82) is 0 Å². The van der Waals surface area contributed by atoms with Gasteiger partial charge in [0.15, 0.2) is 0 Å².